The molecule has 1 amide bonds. The largest absolute Gasteiger partial charge is 0.497 e. The minimum Gasteiger partial charge on any atom is -0.497 e. The fraction of sp³-hybridized carbons (Fsp3) is 0.0741. The van der Waals surface area contributed by atoms with Crippen LogP contribution in [-0.2, 0) is 20.0 Å². The summed E-state index contributed by atoms with van der Waals surface area (Å²) in [5.74, 6) is 0.0685. The number of sulfonamides is 2. The van der Waals surface area contributed by atoms with Gasteiger partial charge in [0.1, 0.15) is 5.75 Å². The van der Waals surface area contributed by atoms with Crippen LogP contribution in [0, 0.1) is 0 Å². The van der Waals surface area contributed by atoms with Crippen LogP contribution in [0.25, 0.3) is 0 Å². The van der Waals surface area contributed by atoms with Crippen molar-refractivity contribution in [1.29, 1.82) is 0 Å². The number of hydrogen-bond donors (Lipinski definition) is 2. The van der Waals surface area contributed by atoms with E-state index in [2.05, 4.69) is 10.0 Å². The molecule has 0 saturated heterocycles. The molecule has 0 fully saturated rings. The van der Waals surface area contributed by atoms with Gasteiger partial charge in [0.25, 0.3) is 26.0 Å². The molecule has 4 aromatic carbocycles. The summed E-state index contributed by atoms with van der Waals surface area (Å²) in [6.07, 6.45) is 0. The van der Waals surface area contributed by atoms with Crippen molar-refractivity contribution in [3.63, 3.8) is 0 Å². The molecule has 0 unspecified atom stereocenters. The van der Waals surface area contributed by atoms with E-state index in [4.69, 9.17) is 27.9 Å². The van der Waals surface area contributed by atoms with Crippen molar-refractivity contribution >= 4 is 66.2 Å². The molecule has 0 aliphatic carbocycles. The SMILES string of the molecule is COc1ccc(S(=O)(=O)N(C)c2ccc(C(=O)Nc3ccc(S(=O)(=O)Nc4cccc(Cl)c4Cl)cc3)cc2)cc1. The van der Waals surface area contributed by atoms with Crippen LogP contribution in [-0.4, -0.2) is 36.9 Å². The molecule has 0 radical (unpaired) electrons. The maximum Gasteiger partial charge on any atom is 0.264 e. The lowest BCUT2D eigenvalue weighted by molar-refractivity contribution is 0.102. The number of benzene rings is 4. The number of carbonyl (C=O) groups excluding carboxylic acids is 1. The molecule has 40 heavy (non-hydrogen) atoms. The third-order valence-electron chi connectivity index (χ3n) is 5.83. The third kappa shape index (κ3) is 6.34. The highest BCUT2D eigenvalue weighted by atomic mass is 35.5. The minimum absolute atomic E-state index is 0.0491. The second kappa shape index (κ2) is 11.8. The summed E-state index contributed by atoms with van der Waals surface area (Å²) < 4.78 is 60.0. The number of carbonyl (C=O) groups is 1. The first-order chi connectivity index (χ1) is 18.9. The average molecular weight is 621 g/mol. The zero-order valence-corrected chi connectivity index (χ0v) is 24.3. The number of anilines is 3. The van der Waals surface area contributed by atoms with Gasteiger partial charge < -0.3 is 10.1 Å². The summed E-state index contributed by atoms with van der Waals surface area (Å²) in [7, 11) is -4.89. The van der Waals surface area contributed by atoms with Crippen molar-refractivity contribution in [1.82, 2.24) is 0 Å². The molecule has 0 aromatic heterocycles. The molecule has 9 nitrogen and oxygen atoms in total. The molecular weight excluding hydrogens is 597 g/mol. The Kier molecular flexibility index (Phi) is 8.59. The van der Waals surface area contributed by atoms with E-state index in [0.717, 1.165) is 4.31 Å². The first-order valence-electron chi connectivity index (χ1n) is 11.5. The maximum absolute atomic E-state index is 13.0. The van der Waals surface area contributed by atoms with E-state index >= 15 is 0 Å². The van der Waals surface area contributed by atoms with Gasteiger partial charge in [-0.3, -0.25) is 13.8 Å². The first-order valence-corrected chi connectivity index (χ1v) is 15.2. The first kappa shape index (κ1) is 29.2. The summed E-state index contributed by atoms with van der Waals surface area (Å²) in [6, 6.07) is 22.1. The second-order valence-corrected chi connectivity index (χ2v) is 12.8. The molecule has 0 bridgehead atoms. The number of ether oxygens (including phenoxy) is 1. The Hall–Kier alpha value is -3.77. The van der Waals surface area contributed by atoms with Crippen molar-refractivity contribution < 1.29 is 26.4 Å². The van der Waals surface area contributed by atoms with E-state index < -0.39 is 26.0 Å². The predicted molar refractivity (Wildman–Crippen MR) is 157 cm³/mol. The summed E-state index contributed by atoms with van der Waals surface area (Å²) in [5.41, 5.74) is 1.12. The summed E-state index contributed by atoms with van der Waals surface area (Å²) in [5, 5.41) is 2.97. The van der Waals surface area contributed by atoms with Gasteiger partial charge in [-0.2, -0.15) is 0 Å². The lowest BCUT2D eigenvalue weighted by atomic mass is 10.2. The van der Waals surface area contributed by atoms with Gasteiger partial charge in [-0.15, -0.1) is 0 Å². The van der Waals surface area contributed by atoms with Crippen LogP contribution < -0.4 is 19.1 Å². The van der Waals surface area contributed by atoms with Crippen LogP contribution in [0.2, 0.25) is 10.0 Å². The Morgan fingerprint density at radius 1 is 0.800 bits per heavy atom. The van der Waals surface area contributed by atoms with Crippen LogP contribution in [0.1, 0.15) is 10.4 Å². The molecule has 2 N–H and O–H groups in total. The van der Waals surface area contributed by atoms with Crippen molar-refractivity contribution in [2.75, 3.05) is 28.5 Å². The summed E-state index contributed by atoms with van der Waals surface area (Å²) in [6.45, 7) is 0. The van der Waals surface area contributed by atoms with E-state index in [0.29, 0.717) is 17.1 Å². The number of nitrogens with zero attached hydrogens (tertiary/aromatic N) is 1. The quantitative estimate of drug-likeness (QED) is 0.241. The number of rotatable bonds is 9. The van der Waals surface area contributed by atoms with Gasteiger partial charge in [0.15, 0.2) is 0 Å². The molecule has 4 rings (SSSR count). The molecule has 13 heteroatoms. The van der Waals surface area contributed by atoms with Gasteiger partial charge >= 0.3 is 0 Å². The van der Waals surface area contributed by atoms with Crippen LogP contribution in [0.5, 0.6) is 5.75 Å². The lowest BCUT2D eigenvalue weighted by Gasteiger charge is -2.20. The van der Waals surface area contributed by atoms with Crippen LogP contribution >= 0.6 is 23.2 Å². The Morgan fingerprint density at radius 2 is 1.40 bits per heavy atom. The van der Waals surface area contributed by atoms with E-state index in [1.807, 2.05) is 0 Å². The van der Waals surface area contributed by atoms with E-state index in [9.17, 15) is 21.6 Å². The van der Waals surface area contributed by atoms with Crippen LogP contribution in [0.3, 0.4) is 0 Å². The molecule has 0 spiro atoms. The zero-order chi connectivity index (χ0) is 29.1. The fourth-order valence-electron chi connectivity index (χ4n) is 3.57. The standard InChI is InChI=1S/C27H23Cl2N3O6S2/c1-32(40(36,37)23-16-12-21(38-2)13-17-23)20-10-6-18(7-11-20)27(33)30-19-8-14-22(15-9-19)39(34,35)31-25-5-3-4-24(28)26(25)29/h3-17,31H,1-2H3,(H,30,33). The lowest BCUT2D eigenvalue weighted by Crippen LogP contribution is -2.26. The molecule has 0 aliphatic heterocycles. The Labute approximate surface area is 242 Å². The molecule has 0 atom stereocenters. The smallest absolute Gasteiger partial charge is 0.264 e. The molecule has 0 heterocycles. The molecular formula is C27H23Cl2N3O6S2. The normalized spacial score (nSPS) is 11.5. The van der Waals surface area contributed by atoms with Crippen molar-refractivity contribution in [2.45, 2.75) is 9.79 Å². The van der Waals surface area contributed by atoms with Gasteiger partial charge in [-0.25, -0.2) is 16.8 Å². The average Bonchev–Trinajstić information content (AvgIpc) is 2.95. The highest BCUT2D eigenvalue weighted by molar-refractivity contribution is 7.93. The van der Waals surface area contributed by atoms with Crippen molar-refractivity contribution in [3.8, 4) is 5.75 Å². The summed E-state index contributed by atoms with van der Waals surface area (Å²) in [4.78, 5) is 12.8. The van der Waals surface area contributed by atoms with E-state index in [1.54, 1.807) is 18.2 Å². The van der Waals surface area contributed by atoms with Gasteiger partial charge in [0.2, 0.25) is 0 Å². The Balaban J connectivity index is 1.43. The maximum atomic E-state index is 13.0. The van der Waals surface area contributed by atoms with Gasteiger partial charge in [-0.1, -0.05) is 29.3 Å². The van der Waals surface area contributed by atoms with Crippen LogP contribution in [0.15, 0.2) is 101 Å². The number of hydrogen-bond acceptors (Lipinski definition) is 6. The number of halogens is 2. The Morgan fingerprint density at radius 3 is 2.00 bits per heavy atom. The molecule has 4 aromatic rings. The zero-order valence-electron chi connectivity index (χ0n) is 21.1. The van der Waals surface area contributed by atoms with Gasteiger partial charge in [-0.05, 0) is 84.9 Å². The topological polar surface area (TPSA) is 122 Å². The van der Waals surface area contributed by atoms with Crippen molar-refractivity contribution in [3.05, 3.63) is 107 Å². The highest BCUT2D eigenvalue weighted by Gasteiger charge is 2.22. The fourth-order valence-corrected chi connectivity index (χ4v) is 6.25. The second-order valence-electron chi connectivity index (χ2n) is 8.38. The minimum atomic E-state index is -3.96. The number of amides is 1. The molecule has 0 aliphatic rings. The van der Waals surface area contributed by atoms with Crippen molar-refractivity contribution in [2.24, 2.45) is 0 Å². The molecule has 208 valence electrons. The number of methoxy groups -OCH3 is 1. The highest BCUT2D eigenvalue weighted by Crippen LogP contribution is 2.31. The van der Waals surface area contributed by atoms with Crippen LogP contribution in [0.4, 0.5) is 17.1 Å². The molecule has 0 saturated carbocycles. The Bertz CT molecular complexity index is 1750. The number of nitrogens with one attached hydrogen (secondary N) is 2. The predicted octanol–water partition coefficient (Wildman–Crippen LogP) is 5.88. The third-order valence-corrected chi connectivity index (χ3v) is 9.83. The van der Waals surface area contributed by atoms with Gasteiger partial charge in [0.05, 0.1) is 38.3 Å². The van der Waals surface area contributed by atoms with E-state index in [-0.39, 0.29) is 31.1 Å². The van der Waals surface area contributed by atoms with Gasteiger partial charge in [0, 0.05) is 18.3 Å². The van der Waals surface area contributed by atoms with E-state index in [1.165, 1.54) is 87.0 Å². The summed E-state index contributed by atoms with van der Waals surface area (Å²) >= 11 is 12.0. The monoisotopic (exact) mass is 619 g/mol.